The zero-order chi connectivity index (χ0) is 21.0. The summed E-state index contributed by atoms with van der Waals surface area (Å²) in [5.74, 6) is 1.75. The summed E-state index contributed by atoms with van der Waals surface area (Å²) in [4.78, 5) is 0. The Kier molecular flexibility index (Phi) is 6.03. The second kappa shape index (κ2) is 7.98. The van der Waals surface area contributed by atoms with Crippen molar-refractivity contribution in [3.05, 3.63) is 27.7 Å². The molecule has 2 fully saturated rings. The van der Waals surface area contributed by atoms with E-state index >= 15 is 4.39 Å². The first-order chi connectivity index (χ1) is 13.7. The van der Waals surface area contributed by atoms with Gasteiger partial charge in [-0.2, -0.15) is 0 Å². The number of phenolic OH excluding ortho intramolecular Hbond substituents is 1. The number of halogens is 3. The number of unbranched alkanes of at least 4 members (excludes halogenated alkanes) is 2. The molecule has 7 atom stereocenters. The molecule has 0 aromatic heterocycles. The minimum absolute atomic E-state index is 0.138. The van der Waals surface area contributed by atoms with Crippen LogP contribution in [0.3, 0.4) is 0 Å². The molecule has 2 saturated carbocycles. The van der Waals surface area contributed by atoms with E-state index in [1.54, 1.807) is 6.07 Å². The summed E-state index contributed by atoms with van der Waals surface area (Å²) in [6.45, 7) is 4.04. The molecule has 4 rings (SSSR count). The van der Waals surface area contributed by atoms with Gasteiger partial charge in [-0.1, -0.05) is 25.8 Å². The van der Waals surface area contributed by atoms with Crippen molar-refractivity contribution >= 4 is 27.5 Å². The Labute approximate surface area is 187 Å². The van der Waals surface area contributed by atoms with Gasteiger partial charge in [0.1, 0.15) is 11.9 Å². The van der Waals surface area contributed by atoms with Gasteiger partial charge in [0.25, 0.3) is 0 Å². The van der Waals surface area contributed by atoms with Crippen molar-refractivity contribution in [2.24, 2.45) is 23.2 Å². The molecule has 1 aromatic rings. The van der Waals surface area contributed by atoms with Crippen molar-refractivity contribution < 1.29 is 14.6 Å². The SMILES string of the molecule is C[C@]12C[C@H](F)C3c4ccc(O)c(Br)c4CC(CCCCCCl)[C@H]3C1CC[C@@]2(C)O. The smallest absolute Gasteiger partial charge is 0.130 e. The lowest BCUT2D eigenvalue weighted by Crippen LogP contribution is -2.55. The fraction of sp³-hybridized carbons (Fsp3) is 0.750. The van der Waals surface area contributed by atoms with E-state index in [-0.39, 0.29) is 23.0 Å². The highest BCUT2D eigenvalue weighted by atomic mass is 79.9. The fourth-order valence-corrected chi connectivity index (χ4v) is 7.70. The van der Waals surface area contributed by atoms with Gasteiger partial charge in [0, 0.05) is 17.2 Å². The van der Waals surface area contributed by atoms with Crippen LogP contribution in [0.2, 0.25) is 0 Å². The Hall–Kier alpha value is -0.320. The highest BCUT2D eigenvalue weighted by Gasteiger charge is 2.63. The standard InChI is InChI=1S/C24H33BrClFO2/c1-23-13-18(27)21-15-7-8-19(28)22(25)16(15)12-14(6-4-3-5-11-26)20(21)17(23)9-10-24(23,2)29/h7-8,14,17-18,20-21,28-29H,3-6,9-13H2,1-2H3/t14?,17?,18-,20-,21?,23-,24+/m0/s1. The van der Waals surface area contributed by atoms with Crippen LogP contribution in [0, 0.1) is 23.2 Å². The molecule has 29 heavy (non-hydrogen) atoms. The van der Waals surface area contributed by atoms with Crippen LogP contribution in [0.1, 0.15) is 75.8 Å². The summed E-state index contributed by atoms with van der Waals surface area (Å²) in [5.41, 5.74) is 0.988. The lowest BCUT2D eigenvalue weighted by Gasteiger charge is -2.56. The largest absolute Gasteiger partial charge is 0.507 e. The molecule has 0 amide bonds. The number of alkyl halides is 2. The lowest BCUT2D eigenvalue weighted by atomic mass is 9.50. The average molecular weight is 488 g/mol. The van der Waals surface area contributed by atoms with Crippen LogP contribution in [0.5, 0.6) is 5.75 Å². The first-order valence-electron chi connectivity index (χ1n) is 11.1. The van der Waals surface area contributed by atoms with Gasteiger partial charge in [-0.25, -0.2) is 4.39 Å². The molecule has 162 valence electrons. The molecule has 0 heterocycles. The number of aromatic hydroxyl groups is 1. The van der Waals surface area contributed by atoms with Crippen LogP contribution in [0.25, 0.3) is 0 Å². The van der Waals surface area contributed by atoms with Gasteiger partial charge >= 0.3 is 0 Å². The topological polar surface area (TPSA) is 40.5 Å². The van der Waals surface area contributed by atoms with Crippen LogP contribution in [0.4, 0.5) is 4.39 Å². The summed E-state index contributed by atoms with van der Waals surface area (Å²) < 4.78 is 16.6. The average Bonchev–Trinajstić information content (AvgIpc) is 2.90. The molecule has 2 nitrogen and oxygen atoms in total. The number of hydrogen-bond acceptors (Lipinski definition) is 2. The zero-order valence-electron chi connectivity index (χ0n) is 17.4. The van der Waals surface area contributed by atoms with E-state index in [2.05, 4.69) is 22.9 Å². The van der Waals surface area contributed by atoms with E-state index in [0.29, 0.717) is 24.1 Å². The summed E-state index contributed by atoms with van der Waals surface area (Å²) in [6.07, 6.45) is 6.33. The molecular weight excluding hydrogens is 455 g/mol. The number of fused-ring (bicyclic) bond motifs is 5. The van der Waals surface area contributed by atoms with Crippen molar-refractivity contribution in [3.63, 3.8) is 0 Å². The quantitative estimate of drug-likeness (QED) is 0.357. The Morgan fingerprint density at radius 3 is 2.72 bits per heavy atom. The van der Waals surface area contributed by atoms with Gasteiger partial charge in [-0.15, -0.1) is 11.6 Å². The van der Waals surface area contributed by atoms with Gasteiger partial charge in [-0.05, 0) is 96.3 Å². The van der Waals surface area contributed by atoms with Crippen LogP contribution < -0.4 is 0 Å². The molecule has 0 saturated heterocycles. The van der Waals surface area contributed by atoms with Crippen molar-refractivity contribution in [3.8, 4) is 5.75 Å². The molecular formula is C24H33BrClFO2. The van der Waals surface area contributed by atoms with Crippen molar-refractivity contribution in [1.82, 2.24) is 0 Å². The summed E-state index contributed by atoms with van der Waals surface area (Å²) >= 11 is 9.45. The summed E-state index contributed by atoms with van der Waals surface area (Å²) in [7, 11) is 0. The van der Waals surface area contributed by atoms with Gasteiger partial charge in [0.2, 0.25) is 0 Å². The third kappa shape index (κ3) is 3.46. The first kappa shape index (κ1) is 21.9. The maximum absolute atomic E-state index is 15.9. The van der Waals surface area contributed by atoms with Gasteiger partial charge < -0.3 is 10.2 Å². The van der Waals surface area contributed by atoms with Crippen molar-refractivity contribution in [1.29, 1.82) is 0 Å². The van der Waals surface area contributed by atoms with E-state index in [0.717, 1.165) is 60.5 Å². The highest BCUT2D eigenvalue weighted by Crippen LogP contribution is 2.66. The Bertz CT molecular complexity index is 769. The highest BCUT2D eigenvalue weighted by molar-refractivity contribution is 9.10. The molecule has 1 aromatic carbocycles. The number of benzene rings is 1. The summed E-state index contributed by atoms with van der Waals surface area (Å²) in [5, 5.41) is 21.4. The van der Waals surface area contributed by atoms with Gasteiger partial charge in [0.05, 0.1) is 10.1 Å². The number of rotatable bonds is 5. The number of hydrogen-bond donors (Lipinski definition) is 2. The maximum Gasteiger partial charge on any atom is 0.130 e. The minimum atomic E-state index is -0.966. The van der Waals surface area contributed by atoms with Crippen LogP contribution in [-0.4, -0.2) is 27.9 Å². The molecule has 3 unspecified atom stereocenters. The van der Waals surface area contributed by atoms with Crippen LogP contribution in [-0.2, 0) is 6.42 Å². The lowest BCUT2D eigenvalue weighted by molar-refractivity contribution is -0.120. The second-order valence-corrected chi connectivity index (χ2v) is 11.3. The first-order valence-corrected chi connectivity index (χ1v) is 12.5. The molecule has 0 radical (unpaired) electrons. The predicted molar refractivity (Wildman–Crippen MR) is 119 cm³/mol. The zero-order valence-corrected chi connectivity index (χ0v) is 19.8. The van der Waals surface area contributed by atoms with Crippen molar-refractivity contribution in [2.45, 2.75) is 82.9 Å². The monoisotopic (exact) mass is 486 g/mol. The predicted octanol–water partition coefficient (Wildman–Crippen LogP) is 6.74. The minimum Gasteiger partial charge on any atom is -0.507 e. The van der Waals surface area contributed by atoms with Crippen LogP contribution >= 0.6 is 27.5 Å². The molecule has 5 heteroatoms. The Morgan fingerprint density at radius 2 is 2.00 bits per heavy atom. The molecule has 2 N–H and O–H groups in total. The third-order valence-electron chi connectivity index (χ3n) is 8.72. The van der Waals surface area contributed by atoms with E-state index < -0.39 is 11.8 Å². The van der Waals surface area contributed by atoms with Crippen molar-refractivity contribution in [2.75, 3.05) is 5.88 Å². The molecule has 0 bridgehead atoms. The second-order valence-electron chi connectivity index (χ2n) is 10.1. The maximum atomic E-state index is 15.9. The molecule has 0 spiro atoms. The van der Waals surface area contributed by atoms with Gasteiger partial charge in [-0.3, -0.25) is 0 Å². The van der Waals surface area contributed by atoms with E-state index in [9.17, 15) is 10.2 Å². The van der Waals surface area contributed by atoms with Crippen LogP contribution in [0.15, 0.2) is 16.6 Å². The van der Waals surface area contributed by atoms with E-state index in [4.69, 9.17) is 11.6 Å². The normalized spacial score (nSPS) is 41.0. The van der Waals surface area contributed by atoms with E-state index in [1.165, 1.54) is 0 Å². The Balaban J connectivity index is 1.74. The number of phenols is 1. The Morgan fingerprint density at radius 1 is 1.24 bits per heavy atom. The fourth-order valence-electron chi connectivity index (χ4n) is 6.99. The molecule has 3 aliphatic rings. The summed E-state index contributed by atoms with van der Waals surface area (Å²) in [6, 6.07) is 3.64. The number of aliphatic hydroxyl groups is 1. The van der Waals surface area contributed by atoms with Gasteiger partial charge in [0.15, 0.2) is 0 Å². The van der Waals surface area contributed by atoms with E-state index in [1.807, 2.05) is 13.0 Å². The molecule has 0 aliphatic heterocycles. The molecule has 3 aliphatic carbocycles. The third-order valence-corrected chi connectivity index (χ3v) is 9.87.